The maximum Gasteiger partial charge on any atom is 0.315 e. The van der Waals surface area contributed by atoms with Crippen LogP contribution in [0.15, 0.2) is 24.3 Å². The molecule has 0 bridgehead atoms. The van der Waals surface area contributed by atoms with Gasteiger partial charge >= 0.3 is 5.97 Å². The van der Waals surface area contributed by atoms with E-state index in [0.717, 1.165) is 5.56 Å². The predicted molar refractivity (Wildman–Crippen MR) is 54.9 cm³/mol. The Labute approximate surface area is 84.9 Å². The van der Waals surface area contributed by atoms with Crippen LogP contribution in [0.5, 0.6) is 0 Å². The minimum absolute atomic E-state index is 0.206. The molecule has 1 aromatic carbocycles. The number of benzene rings is 1. The minimum Gasteiger partial charge on any atom is -0.465 e. The fourth-order valence-electron chi connectivity index (χ4n) is 1.20. The van der Waals surface area contributed by atoms with Crippen LogP contribution < -0.4 is 0 Å². The van der Waals surface area contributed by atoms with Gasteiger partial charge in [-0.15, -0.1) is 0 Å². The Morgan fingerprint density at radius 1 is 1.50 bits per heavy atom. The Kier molecular flexibility index (Phi) is 3.28. The van der Waals surface area contributed by atoms with Crippen LogP contribution in [0.4, 0.5) is 0 Å². The molecule has 0 aliphatic carbocycles. The molecule has 0 atom stereocenters. The minimum atomic E-state index is -0.614. The van der Waals surface area contributed by atoms with Crippen LogP contribution in [0.3, 0.4) is 0 Å². The highest BCUT2D eigenvalue weighted by Gasteiger charge is 2.30. The van der Waals surface area contributed by atoms with Crippen molar-refractivity contribution in [3.05, 3.63) is 35.9 Å². The quantitative estimate of drug-likeness (QED) is 0.685. The molecule has 0 saturated carbocycles. The van der Waals surface area contributed by atoms with Crippen molar-refractivity contribution in [3.8, 4) is 0 Å². The predicted octanol–water partition coefficient (Wildman–Crippen LogP) is 2.33. The van der Waals surface area contributed by atoms with Crippen LogP contribution in [-0.4, -0.2) is 12.6 Å². The molecule has 1 radical (unpaired) electrons. The number of ether oxygens (including phenoxy) is 1. The van der Waals surface area contributed by atoms with Crippen molar-refractivity contribution in [2.75, 3.05) is 6.61 Å². The molecule has 75 valence electrons. The molecule has 0 unspecified atom stereocenters. The SMILES string of the molecule is CCOC(=O)C(C)(C)c1[c]cccc1. The molecule has 0 amide bonds. The van der Waals surface area contributed by atoms with Gasteiger partial charge in [0.2, 0.25) is 0 Å². The van der Waals surface area contributed by atoms with Crippen LogP contribution in [0, 0.1) is 6.07 Å². The summed E-state index contributed by atoms with van der Waals surface area (Å²) in [5.41, 5.74) is 0.246. The maximum atomic E-state index is 11.6. The maximum absolute atomic E-state index is 11.6. The monoisotopic (exact) mass is 191 g/mol. The third-order valence-electron chi connectivity index (χ3n) is 2.17. The summed E-state index contributed by atoms with van der Waals surface area (Å²) >= 11 is 0. The second-order valence-corrected chi connectivity index (χ2v) is 3.62. The number of esters is 1. The van der Waals surface area contributed by atoms with Gasteiger partial charge in [-0.25, -0.2) is 0 Å². The third-order valence-corrected chi connectivity index (χ3v) is 2.17. The molecule has 2 heteroatoms. The smallest absolute Gasteiger partial charge is 0.315 e. The zero-order chi connectivity index (χ0) is 10.6. The topological polar surface area (TPSA) is 26.3 Å². The van der Waals surface area contributed by atoms with E-state index in [2.05, 4.69) is 6.07 Å². The average molecular weight is 191 g/mol. The van der Waals surface area contributed by atoms with Gasteiger partial charge < -0.3 is 4.74 Å². The lowest BCUT2D eigenvalue weighted by Gasteiger charge is -2.22. The summed E-state index contributed by atoms with van der Waals surface area (Å²) in [5.74, 6) is -0.206. The van der Waals surface area contributed by atoms with Gasteiger partial charge in [0.05, 0.1) is 12.0 Å². The van der Waals surface area contributed by atoms with Crippen molar-refractivity contribution in [3.63, 3.8) is 0 Å². The summed E-state index contributed by atoms with van der Waals surface area (Å²) in [7, 11) is 0. The number of hydrogen-bond acceptors (Lipinski definition) is 2. The van der Waals surface area contributed by atoms with E-state index >= 15 is 0 Å². The molecule has 14 heavy (non-hydrogen) atoms. The molecule has 1 rings (SSSR count). The van der Waals surface area contributed by atoms with Crippen molar-refractivity contribution in [1.82, 2.24) is 0 Å². The van der Waals surface area contributed by atoms with E-state index in [9.17, 15) is 4.79 Å². The zero-order valence-electron chi connectivity index (χ0n) is 8.83. The summed E-state index contributed by atoms with van der Waals surface area (Å²) in [4.78, 5) is 11.6. The van der Waals surface area contributed by atoms with Crippen molar-refractivity contribution in [1.29, 1.82) is 0 Å². The lowest BCUT2D eigenvalue weighted by Crippen LogP contribution is -2.31. The fraction of sp³-hybridized carbons (Fsp3) is 0.417. The molecule has 1 aromatic rings. The van der Waals surface area contributed by atoms with Crippen LogP contribution in [0.1, 0.15) is 26.3 Å². The normalized spacial score (nSPS) is 11.1. The standard InChI is InChI=1S/C12H15O2/c1-4-14-11(13)12(2,3)10-8-6-5-7-9-10/h5-8H,4H2,1-3H3. The summed E-state index contributed by atoms with van der Waals surface area (Å²) in [6.45, 7) is 5.91. The molecule has 0 aliphatic rings. The molecule has 0 spiro atoms. The molecule has 0 aromatic heterocycles. The Morgan fingerprint density at radius 2 is 2.21 bits per heavy atom. The first-order chi connectivity index (χ1) is 6.59. The van der Waals surface area contributed by atoms with E-state index in [0.29, 0.717) is 6.61 Å². The van der Waals surface area contributed by atoms with E-state index in [1.54, 1.807) is 6.07 Å². The molecule has 0 saturated heterocycles. The van der Waals surface area contributed by atoms with E-state index in [-0.39, 0.29) is 5.97 Å². The lowest BCUT2D eigenvalue weighted by atomic mass is 9.85. The first-order valence-corrected chi connectivity index (χ1v) is 4.73. The Bertz CT molecular complexity index is 301. The zero-order valence-corrected chi connectivity index (χ0v) is 8.83. The number of carbonyl (C=O) groups is 1. The van der Waals surface area contributed by atoms with Gasteiger partial charge in [-0.2, -0.15) is 0 Å². The summed E-state index contributed by atoms with van der Waals surface area (Å²) in [6, 6.07) is 10.5. The molecule has 0 fully saturated rings. The Morgan fingerprint density at radius 3 is 2.71 bits per heavy atom. The van der Waals surface area contributed by atoms with Crippen LogP contribution in [-0.2, 0) is 14.9 Å². The number of hydrogen-bond donors (Lipinski definition) is 0. The highest BCUT2D eigenvalue weighted by atomic mass is 16.5. The lowest BCUT2D eigenvalue weighted by molar-refractivity contribution is -0.148. The van der Waals surface area contributed by atoms with Crippen molar-refractivity contribution in [2.24, 2.45) is 0 Å². The average Bonchev–Trinajstić information content (AvgIpc) is 2.19. The number of rotatable bonds is 3. The highest BCUT2D eigenvalue weighted by molar-refractivity contribution is 5.82. The van der Waals surface area contributed by atoms with Crippen LogP contribution in [0.2, 0.25) is 0 Å². The molecule has 0 N–H and O–H groups in total. The summed E-state index contributed by atoms with van der Waals surface area (Å²) < 4.78 is 5.00. The van der Waals surface area contributed by atoms with Gasteiger partial charge in [0, 0.05) is 0 Å². The molecule has 2 nitrogen and oxygen atoms in total. The molecule has 0 aliphatic heterocycles. The van der Waals surface area contributed by atoms with Gasteiger partial charge in [0.25, 0.3) is 0 Å². The van der Waals surface area contributed by atoms with E-state index in [1.165, 1.54) is 0 Å². The Balaban J connectivity index is 2.90. The van der Waals surface area contributed by atoms with Gasteiger partial charge in [-0.3, -0.25) is 4.79 Å². The van der Waals surface area contributed by atoms with E-state index in [4.69, 9.17) is 4.74 Å². The van der Waals surface area contributed by atoms with Crippen LogP contribution in [0.25, 0.3) is 0 Å². The van der Waals surface area contributed by atoms with Gasteiger partial charge in [-0.1, -0.05) is 24.3 Å². The van der Waals surface area contributed by atoms with Crippen molar-refractivity contribution < 1.29 is 9.53 Å². The summed E-state index contributed by atoms with van der Waals surface area (Å²) in [6.07, 6.45) is 0. The van der Waals surface area contributed by atoms with Crippen molar-refractivity contribution >= 4 is 5.97 Å². The largest absolute Gasteiger partial charge is 0.465 e. The van der Waals surface area contributed by atoms with E-state index in [1.807, 2.05) is 39.0 Å². The third kappa shape index (κ3) is 2.13. The van der Waals surface area contributed by atoms with Gasteiger partial charge in [0.15, 0.2) is 0 Å². The number of carbonyl (C=O) groups excluding carboxylic acids is 1. The molecule has 0 heterocycles. The van der Waals surface area contributed by atoms with E-state index < -0.39 is 5.41 Å². The van der Waals surface area contributed by atoms with Gasteiger partial charge in [-0.05, 0) is 32.4 Å². The first kappa shape index (κ1) is 10.8. The van der Waals surface area contributed by atoms with Gasteiger partial charge in [0.1, 0.15) is 0 Å². The molecular formula is C12H15O2. The fourth-order valence-corrected chi connectivity index (χ4v) is 1.20. The summed E-state index contributed by atoms with van der Waals surface area (Å²) in [5, 5.41) is 0. The Hall–Kier alpha value is -1.31. The second kappa shape index (κ2) is 4.27. The second-order valence-electron chi connectivity index (χ2n) is 3.62. The van der Waals surface area contributed by atoms with Crippen LogP contribution >= 0.6 is 0 Å². The molecular weight excluding hydrogens is 176 g/mol. The van der Waals surface area contributed by atoms with Crippen molar-refractivity contribution in [2.45, 2.75) is 26.2 Å². The first-order valence-electron chi connectivity index (χ1n) is 4.73. The highest BCUT2D eigenvalue weighted by Crippen LogP contribution is 2.23.